The number of nitro benzene ring substituents is 1. The summed E-state index contributed by atoms with van der Waals surface area (Å²) < 4.78 is 5.30. The number of amides is 2. The molecule has 0 bridgehead atoms. The predicted octanol–water partition coefficient (Wildman–Crippen LogP) is 2.59. The number of nitro groups is 1. The van der Waals surface area contributed by atoms with Crippen molar-refractivity contribution in [3.63, 3.8) is 0 Å². The SMILES string of the molecule is CCOC(=O)C1=C(CN2CCN(c3ccccc3)CC2)NC(=O)NC1c1ccc([N+](=O)[O-])cc1. The van der Waals surface area contributed by atoms with Gasteiger partial charge in [0.2, 0.25) is 0 Å². The molecule has 0 saturated carbocycles. The van der Waals surface area contributed by atoms with E-state index in [2.05, 4.69) is 32.6 Å². The molecule has 0 aromatic heterocycles. The molecule has 10 heteroatoms. The number of anilines is 1. The second-order valence-electron chi connectivity index (χ2n) is 8.09. The zero-order valence-electron chi connectivity index (χ0n) is 18.9. The van der Waals surface area contributed by atoms with Gasteiger partial charge in [-0.1, -0.05) is 18.2 Å². The van der Waals surface area contributed by atoms with E-state index in [0.717, 1.165) is 26.2 Å². The number of benzene rings is 2. The van der Waals surface area contributed by atoms with E-state index in [9.17, 15) is 19.7 Å². The summed E-state index contributed by atoms with van der Waals surface area (Å²) in [4.78, 5) is 40.5. The Morgan fingerprint density at radius 3 is 2.38 bits per heavy atom. The summed E-state index contributed by atoms with van der Waals surface area (Å²) in [6, 6.07) is 14.8. The Hall–Kier alpha value is -3.92. The molecule has 2 aromatic rings. The van der Waals surface area contributed by atoms with E-state index in [-0.39, 0.29) is 12.3 Å². The number of ether oxygens (including phenoxy) is 1. The van der Waals surface area contributed by atoms with Crippen LogP contribution < -0.4 is 15.5 Å². The summed E-state index contributed by atoms with van der Waals surface area (Å²) in [5.41, 5.74) is 2.46. The third kappa shape index (κ3) is 5.18. The Kier molecular flexibility index (Phi) is 7.07. The van der Waals surface area contributed by atoms with E-state index in [4.69, 9.17) is 4.74 Å². The first-order valence-corrected chi connectivity index (χ1v) is 11.2. The number of esters is 1. The van der Waals surface area contributed by atoms with Gasteiger partial charge in [0.15, 0.2) is 0 Å². The fourth-order valence-corrected chi connectivity index (χ4v) is 4.26. The second-order valence-corrected chi connectivity index (χ2v) is 8.09. The summed E-state index contributed by atoms with van der Waals surface area (Å²) >= 11 is 0. The molecule has 178 valence electrons. The predicted molar refractivity (Wildman–Crippen MR) is 126 cm³/mol. The Labute approximate surface area is 197 Å². The van der Waals surface area contributed by atoms with Crippen molar-refractivity contribution in [3.05, 3.63) is 81.5 Å². The Morgan fingerprint density at radius 2 is 1.76 bits per heavy atom. The van der Waals surface area contributed by atoms with E-state index in [1.54, 1.807) is 19.1 Å². The molecule has 1 atom stereocenters. The minimum absolute atomic E-state index is 0.0674. The summed E-state index contributed by atoms with van der Waals surface area (Å²) in [5, 5.41) is 16.6. The minimum Gasteiger partial charge on any atom is -0.463 e. The number of nitrogens with zero attached hydrogens (tertiary/aromatic N) is 3. The molecule has 0 aliphatic carbocycles. The van der Waals surface area contributed by atoms with Crippen molar-refractivity contribution in [1.82, 2.24) is 15.5 Å². The molecule has 2 heterocycles. The van der Waals surface area contributed by atoms with Crippen molar-refractivity contribution in [3.8, 4) is 0 Å². The molecule has 1 fully saturated rings. The second kappa shape index (κ2) is 10.3. The van der Waals surface area contributed by atoms with Gasteiger partial charge in [0.1, 0.15) is 0 Å². The zero-order chi connectivity index (χ0) is 24.1. The van der Waals surface area contributed by atoms with Crippen LogP contribution in [-0.2, 0) is 9.53 Å². The molecule has 2 aliphatic rings. The fourth-order valence-electron chi connectivity index (χ4n) is 4.26. The third-order valence-corrected chi connectivity index (χ3v) is 5.96. The molecule has 34 heavy (non-hydrogen) atoms. The number of hydrogen-bond donors (Lipinski definition) is 2. The Morgan fingerprint density at radius 1 is 1.09 bits per heavy atom. The Balaban J connectivity index is 1.57. The van der Waals surface area contributed by atoms with Gasteiger partial charge < -0.3 is 20.3 Å². The first kappa shape index (κ1) is 23.2. The van der Waals surface area contributed by atoms with Crippen LogP contribution in [0.1, 0.15) is 18.5 Å². The summed E-state index contributed by atoms with van der Waals surface area (Å²) in [6.45, 7) is 5.46. The van der Waals surface area contributed by atoms with Crippen LogP contribution in [0.3, 0.4) is 0 Å². The largest absolute Gasteiger partial charge is 0.463 e. The minimum atomic E-state index is -0.769. The van der Waals surface area contributed by atoms with E-state index >= 15 is 0 Å². The van der Waals surface area contributed by atoms with Crippen LogP contribution in [-0.4, -0.2) is 61.2 Å². The highest BCUT2D eigenvalue weighted by Crippen LogP contribution is 2.29. The zero-order valence-corrected chi connectivity index (χ0v) is 18.9. The molecule has 2 amide bonds. The van der Waals surface area contributed by atoms with Gasteiger partial charge in [-0.05, 0) is 36.8 Å². The third-order valence-electron chi connectivity index (χ3n) is 5.96. The fraction of sp³-hybridized carbons (Fsp3) is 0.333. The number of piperazine rings is 1. The average Bonchev–Trinajstić information content (AvgIpc) is 2.85. The standard InChI is InChI=1S/C24H27N5O5/c1-2-34-23(30)21-20(16-27-12-14-28(15-13-27)18-6-4-3-5-7-18)25-24(31)26-22(21)17-8-10-19(11-9-17)29(32)33/h3-11,22H,2,12-16H2,1H3,(H2,25,26,31). The van der Waals surface area contributed by atoms with Crippen molar-refractivity contribution in [1.29, 1.82) is 0 Å². The lowest BCUT2D eigenvalue weighted by Crippen LogP contribution is -2.51. The molecule has 1 unspecified atom stereocenters. The van der Waals surface area contributed by atoms with Crippen LogP contribution in [0.2, 0.25) is 0 Å². The van der Waals surface area contributed by atoms with Gasteiger partial charge >= 0.3 is 12.0 Å². The lowest BCUT2D eigenvalue weighted by molar-refractivity contribution is -0.384. The van der Waals surface area contributed by atoms with Gasteiger partial charge in [-0.15, -0.1) is 0 Å². The molecule has 2 N–H and O–H groups in total. The summed E-state index contributed by atoms with van der Waals surface area (Å²) in [5.74, 6) is -0.531. The molecule has 0 radical (unpaired) electrons. The van der Waals surface area contributed by atoms with E-state index in [1.807, 2.05) is 18.2 Å². The summed E-state index contributed by atoms with van der Waals surface area (Å²) in [7, 11) is 0. The van der Waals surface area contributed by atoms with Crippen molar-refractivity contribution < 1.29 is 19.2 Å². The molecule has 2 aromatic carbocycles. The highest BCUT2D eigenvalue weighted by molar-refractivity contribution is 5.95. The van der Waals surface area contributed by atoms with E-state index in [0.29, 0.717) is 23.4 Å². The molecule has 4 rings (SSSR count). The number of hydrogen-bond acceptors (Lipinski definition) is 7. The van der Waals surface area contributed by atoms with Crippen LogP contribution in [0, 0.1) is 10.1 Å². The summed E-state index contributed by atoms with van der Waals surface area (Å²) in [6.07, 6.45) is 0. The first-order chi connectivity index (χ1) is 16.5. The van der Waals surface area contributed by atoms with Crippen molar-refractivity contribution >= 4 is 23.4 Å². The van der Waals surface area contributed by atoms with E-state index in [1.165, 1.54) is 17.8 Å². The van der Waals surface area contributed by atoms with Gasteiger partial charge in [0, 0.05) is 56.2 Å². The number of urea groups is 1. The number of carbonyl (C=O) groups is 2. The Bertz CT molecular complexity index is 1080. The number of rotatable bonds is 7. The quantitative estimate of drug-likeness (QED) is 0.367. The highest BCUT2D eigenvalue weighted by Gasteiger charge is 2.35. The van der Waals surface area contributed by atoms with Gasteiger partial charge in [-0.2, -0.15) is 0 Å². The number of carbonyl (C=O) groups excluding carboxylic acids is 2. The van der Waals surface area contributed by atoms with Crippen molar-refractivity contribution in [2.75, 3.05) is 44.2 Å². The van der Waals surface area contributed by atoms with Crippen molar-refractivity contribution in [2.45, 2.75) is 13.0 Å². The maximum absolute atomic E-state index is 12.9. The molecule has 10 nitrogen and oxygen atoms in total. The first-order valence-electron chi connectivity index (χ1n) is 11.2. The topological polar surface area (TPSA) is 117 Å². The number of non-ortho nitro benzene ring substituents is 1. The molecule has 0 spiro atoms. The van der Waals surface area contributed by atoms with Gasteiger partial charge in [0.25, 0.3) is 5.69 Å². The normalized spacial score (nSPS) is 18.8. The van der Waals surface area contributed by atoms with Crippen LogP contribution in [0.15, 0.2) is 65.9 Å². The van der Waals surface area contributed by atoms with E-state index < -0.39 is 23.0 Å². The molecule has 1 saturated heterocycles. The van der Waals surface area contributed by atoms with Crippen molar-refractivity contribution in [2.24, 2.45) is 0 Å². The molecule has 2 aliphatic heterocycles. The van der Waals surface area contributed by atoms with Crippen LogP contribution in [0.5, 0.6) is 0 Å². The van der Waals surface area contributed by atoms with Crippen LogP contribution in [0.4, 0.5) is 16.2 Å². The smallest absolute Gasteiger partial charge is 0.338 e. The lowest BCUT2D eigenvalue weighted by Gasteiger charge is -2.38. The van der Waals surface area contributed by atoms with Gasteiger partial charge in [-0.3, -0.25) is 15.0 Å². The highest BCUT2D eigenvalue weighted by atomic mass is 16.6. The lowest BCUT2D eigenvalue weighted by atomic mass is 9.94. The van der Waals surface area contributed by atoms with Gasteiger partial charge in [-0.25, -0.2) is 9.59 Å². The number of nitrogens with one attached hydrogen (secondary N) is 2. The maximum atomic E-state index is 12.9. The van der Waals surface area contributed by atoms with Gasteiger partial charge in [0.05, 0.1) is 23.1 Å². The molecular weight excluding hydrogens is 438 g/mol. The molecular formula is C24H27N5O5. The maximum Gasteiger partial charge on any atom is 0.338 e. The monoisotopic (exact) mass is 465 g/mol. The van der Waals surface area contributed by atoms with Crippen LogP contribution >= 0.6 is 0 Å². The number of para-hydroxylation sites is 1. The average molecular weight is 466 g/mol. The van der Waals surface area contributed by atoms with Crippen LogP contribution in [0.25, 0.3) is 0 Å².